The number of carbonyl (C=O) groups is 3. The summed E-state index contributed by atoms with van der Waals surface area (Å²) in [5.74, 6) is -2.18. The van der Waals surface area contributed by atoms with Gasteiger partial charge in [-0.15, -0.1) is 0 Å². The zero-order chi connectivity index (χ0) is 23.7. The highest BCUT2D eigenvalue weighted by molar-refractivity contribution is 5.98. The molecule has 0 aliphatic carbocycles. The van der Waals surface area contributed by atoms with Crippen molar-refractivity contribution in [3.05, 3.63) is 82.7 Å². The van der Waals surface area contributed by atoms with Gasteiger partial charge in [-0.05, 0) is 62.4 Å². The first-order chi connectivity index (χ1) is 15.8. The van der Waals surface area contributed by atoms with Crippen molar-refractivity contribution in [2.75, 3.05) is 31.1 Å². The van der Waals surface area contributed by atoms with Crippen molar-refractivity contribution < 1.29 is 24.6 Å². The second-order valence-electron chi connectivity index (χ2n) is 8.12. The lowest BCUT2D eigenvalue weighted by atomic mass is 10.1. The Kier molecular flexibility index (Phi) is 5.91. The molecule has 8 heteroatoms. The van der Waals surface area contributed by atoms with Gasteiger partial charge < -0.3 is 24.6 Å². The highest BCUT2D eigenvalue weighted by Crippen LogP contribution is 2.24. The molecular weight excluding hydrogens is 422 g/mol. The fourth-order valence-electron chi connectivity index (χ4n) is 4.26. The van der Waals surface area contributed by atoms with Crippen LogP contribution < -0.4 is 4.90 Å². The molecule has 0 spiro atoms. The van der Waals surface area contributed by atoms with Gasteiger partial charge in [0.15, 0.2) is 0 Å². The van der Waals surface area contributed by atoms with Crippen molar-refractivity contribution in [1.82, 2.24) is 9.47 Å². The van der Waals surface area contributed by atoms with Crippen molar-refractivity contribution in [1.29, 1.82) is 0 Å². The van der Waals surface area contributed by atoms with Gasteiger partial charge in [0.05, 0.1) is 16.8 Å². The van der Waals surface area contributed by atoms with Crippen LogP contribution >= 0.6 is 0 Å². The minimum Gasteiger partial charge on any atom is -0.478 e. The van der Waals surface area contributed by atoms with Crippen molar-refractivity contribution in [3.8, 4) is 5.69 Å². The highest BCUT2D eigenvalue weighted by Gasteiger charge is 2.24. The Balaban J connectivity index is 1.55. The molecule has 3 aromatic rings. The van der Waals surface area contributed by atoms with Gasteiger partial charge in [0, 0.05) is 48.8 Å². The number of nitrogens with zero attached hydrogens (tertiary/aromatic N) is 3. The summed E-state index contributed by atoms with van der Waals surface area (Å²) < 4.78 is 1.84. The van der Waals surface area contributed by atoms with E-state index in [1.165, 1.54) is 6.07 Å². The van der Waals surface area contributed by atoms with E-state index in [0.717, 1.165) is 17.1 Å². The van der Waals surface area contributed by atoms with E-state index in [1.807, 2.05) is 36.6 Å². The Morgan fingerprint density at radius 2 is 1.42 bits per heavy atom. The maximum absolute atomic E-state index is 13.2. The molecule has 33 heavy (non-hydrogen) atoms. The molecule has 1 amide bonds. The number of rotatable bonds is 5. The largest absolute Gasteiger partial charge is 0.478 e. The second-order valence-corrected chi connectivity index (χ2v) is 8.12. The van der Waals surface area contributed by atoms with Crippen molar-refractivity contribution in [2.45, 2.75) is 13.8 Å². The molecule has 170 valence electrons. The number of benzene rings is 2. The molecule has 0 unspecified atom stereocenters. The van der Waals surface area contributed by atoms with Crippen LogP contribution in [0.1, 0.15) is 42.5 Å². The molecule has 1 aliphatic heterocycles. The van der Waals surface area contributed by atoms with Gasteiger partial charge in [-0.1, -0.05) is 6.07 Å². The van der Waals surface area contributed by atoms with E-state index in [-0.39, 0.29) is 17.0 Å². The summed E-state index contributed by atoms with van der Waals surface area (Å²) in [5, 5.41) is 18.9. The fourth-order valence-corrected chi connectivity index (χ4v) is 4.26. The molecular formula is C25H25N3O5. The molecule has 0 saturated carbocycles. The maximum Gasteiger partial charge on any atom is 0.337 e. The van der Waals surface area contributed by atoms with E-state index in [0.29, 0.717) is 37.4 Å². The minimum absolute atomic E-state index is 0.136. The number of carboxylic acids is 2. The molecule has 0 bridgehead atoms. The summed E-state index contributed by atoms with van der Waals surface area (Å²) in [7, 11) is 0. The third kappa shape index (κ3) is 4.32. The zero-order valence-electron chi connectivity index (χ0n) is 18.5. The third-order valence-corrected chi connectivity index (χ3v) is 6.01. The molecule has 1 aromatic heterocycles. The third-order valence-electron chi connectivity index (χ3n) is 6.01. The molecule has 8 nitrogen and oxygen atoms in total. The molecule has 1 aliphatic rings. The van der Waals surface area contributed by atoms with Gasteiger partial charge in [-0.3, -0.25) is 4.79 Å². The zero-order valence-corrected chi connectivity index (χ0v) is 18.5. The predicted molar refractivity (Wildman–Crippen MR) is 124 cm³/mol. The second kappa shape index (κ2) is 8.82. The number of hydrogen-bond acceptors (Lipinski definition) is 4. The molecule has 0 radical (unpaired) electrons. The molecule has 1 saturated heterocycles. The van der Waals surface area contributed by atoms with Crippen LogP contribution in [-0.2, 0) is 0 Å². The number of aromatic carboxylic acids is 2. The monoisotopic (exact) mass is 447 g/mol. The lowest BCUT2D eigenvalue weighted by Gasteiger charge is -2.36. The van der Waals surface area contributed by atoms with E-state index in [4.69, 9.17) is 0 Å². The average molecular weight is 447 g/mol. The molecule has 4 rings (SSSR count). The summed E-state index contributed by atoms with van der Waals surface area (Å²) in [6.45, 7) is 5.90. The fraction of sp³-hybridized carbons (Fsp3) is 0.240. The van der Waals surface area contributed by atoms with Crippen LogP contribution in [0.15, 0.2) is 54.6 Å². The van der Waals surface area contributed by atoms with Gasteiger partial charge in [-0.2, -0.15) is 0 Å². The molecule has 2 heterocycles. The summed E-state index contributed by atoms with van der Waals surface area (Å²) in [6.07, 6.45) is 0. The van der Waals surface area contributed by atoms with Crippen LogP contribution in [0.5, 0.6) is 0 Å². The van der Waals surface area contributed by atoms with Gasteiger partial charge in [0.1, 0.15) is 0 Å². The Labute approximate surface area is 191 Å². The summed E-state index contributed by atoms with van der Waals surface area (Å²) in [6, 6.07) is 15.3. The lowest BCUT2D eigenvalue weighted by molar-refractivity contribution is 0.0685. The van der Waals surface area contributed by atoms with Crippen LogP contribution in [0.3, 0.4) is 0 Å². The van der Waals surface area contributed by atoms with Gasteiger partial charge >= 0.3 is 11.9 Å². The van der Waals surface area contributed by atoms with E-state index in [2.05, 4.69) is 4.90 Å². The summed E-state index contributed by atoms with van der Waals surface area (Å²) in [4.78, 5) is 40.1. The Morgan fingerprint density at radius 3 is 2.03 bits per heavy atom. The lowest BCUT2D eigenvalue weighted by Crippen LogP contribution is -2.48. The maximum atomic E-state index is 13.2. The van der Waals surface area contributed by atoms with Crippen LogP contribution in [0.2, 0.25) is 0 Å². The number of hydrogen-bond donors (Lipinski definition) is 2. The van der Waals surface area contributed by atoms with Crippen LogP contribution in [0.25, 0.3) is 5.69 Å². The Morgan fingerprint density at radius 1 is 0.758 bits per heavy atom. The predicted octanol–water partition coefficient (Wildman–Crippen LogP) is 3.45. The van der Waals surface area contributed by atoms with Gasteiger partial charge in [0.2, 0.25) is 0 Å². The normalized spacial score (nSPS) is 13.8. The Bertz CT molecular complexity index is 1220. The summed E-state index contributed by atoms with van der Waals surface area (Å²) in [5.41, 5.74) is 3.85. The topological polar surface area (TPSA) is 103 Å². The first-order valence-corrected chi connectivity index (χ1v) is 10.7. The quantitative estimate of drug-likeness (QED) is 0.621. The smallest absolute Gasteiger partial charge is 0.337 e. The molecule has 0 atom stereocenters. The number of anilines is 1. The first-order valence-electron chi connectivity index (χ1n) is 10.7. The number of amides is 1. The van der Waals surface area contributed by atoms with E-state index < -0.39 is 11.9 Å². The van der Waals surface area contributed by atoms with Crippen molar-refractivity contribution >= 4 is 23.5 Å². The van der Waals surface area contributed by atoms with Crippen LogP contribution in [-0.4, -0.2) is 63.7 Å². The molecule has 2 aromatic carbocycles. The van der Waals surface area contributed by atoms with Gasteiger partial charge in [0.25, 0.3) is 5.91 Å². The number of aromatic nitrogens is 1. The first kappa shape index (κ1) is 22.1. The molecule has 1 fully saturated rings. The molecule has 2 N–H and O–H groups in total. The van der Waals surface area contributed by atoms with E-state index in [9.17, 15) is 24.6 Å². The number of piperazine rings is 1. The minimum atomic E-state index is -1.05. The van der Waals surface area contributed by atoms with Crippen LogP contribution in [0.4, 0.5) is 5.69 Å². The summed E-state index contributed by atoms with van der Waals surface area (Å²) >= 11 is 0. The standard InChI is InChI=1S/C25H25N3O5/c1-16-6-7-17(2)28(16)22-15-18(8-9-21(22)25(32)33)23(29)27-12-10-26(11-13-27)20-5-3-4-19(14-20)24(30)31/h3-9,14-15H,10-13H2,1-2H3,(H,30,31)(H,32,33). The SMILES string of the molecule is Cc1ccc(C)n1-c1cc(C(=O)N2CCN(c3cccc(C(=O)O)c3)CC2)ccc1C(=O)O. The van der Waals surface area contributed by atoms with E-state index >= 15 is 0 Å². The van der Waals surface area contributed by atoms with Gasteiger partial charge in [-0.25, -0.2) is 9.59 Å². The number of aryl methyl sites for hydroxylation is 2. The van der Waals surface area contributed by atoms with E-state index in [1.54, 1.807) is 35.2 Å². The number of carbonyl (C=O) groups excluding carboxylic acids is 1. The van der Waals surface area contributed by atoms with Crippen LogP contribution in [0, 0.1) is 13.8 Å². The number of carboxylic acid groups (broad SMARTS) is 2. The Hall–Kier alpha value is -4.07. The van der Waals surface area contributed by atoms with Crippen molar-refractivity contribution in [3.63, 3.8) is 0 Å². The average Bonchev–Trinajstić information content (AvgIpc) is 3.16. The highest BCUT2D eigenvalue weighted by atomic mass is 16.4. The van der Waals surface area contributed by atoms with Crippen molar-refractivity contribution in [2.24, 2.45) is 0 Å².